The highest BCUT2D eigenvalue weighted by molar-refractivity contribution is 5.92. The van der Waals surface area contributed by atoms with E-state index in [1.54, 1.807) is 12.0 Å². The van der Waals surface area contributed by atoms with E-state index in [0.717, 1.165) is 17.5 Å². The number of carbonyl (C=O) groups is 2. The zero-order chi connectivity index (χ0) is 16.1. The van der Waals surface area contributed by atoms with Gasteiger partial charge in [0.05, 0.1) is 13.0 Å². The van der Waals surface area contributed by atoms with Crippen LogP contribution < -0.4 is 5.32 Å². The van der Waals surface area contributed by atoms with Gasteiger partial charge in [-0.1, -0.05) is 31.2 Å². The normalized spacial score (nSPS) is 18.8. The summed E-state index contributed by atoms with van der Waals surface area (Å²) in [5.41, 5.74) is 1.85. The number of methoxy groups -OCH3 is 1. The van der Waals surface area contributed by atoms with E-state index >= 15 is 0 Å². The fraction of sp³-hybridized carbons (Fsp3) is 0.529. The van der Waals surface area contributed by atoms with Gasteiger partial charge in [0.15, 0.2) is 0 Å². The summed E-state index contributed by atoms with van der Waals surface area (Å²) < 4.78 is 5.09. The SMILES string of the molecule is CC[C@H](C)NC(=O)[C@@H]1c2ccccc2CC(=O)N1CCOC. The van der Waals surface area contributed by atoms with Crippen LogP contribution in [-0.2, 0) is 20.7 Å². The summed E-state index contributed by atoms with van der Waals surface area (Å²) in [6.07, 6.45) is 1.19. The van der Waals surface area contributed by atoms with Crippen molar-refractivity contribution < 1.29 is 14.3 Å². The van der Waals surface area contributed by atoms with Crippen molar-refractivity contribution in [1.29, 1.82) is 0 Å². The van der Waals surface area contributed by atoms with Crippen molar-refractivity contribution in [3.8, 4) is 0 Å². The summed E-state index contributed by atoms with van der Waals surface area (Å²) in [7, 11) is 1.59. The van der Waals surface area contributed by atoms with Crippen molar-refractivity contribution in [3.63, 3.8) is 0 Å². The van der Waals surface area contributed by atoms with Gasteiger partial charge in [-0.25, -0.2) is 0 Å². The van der Waals surface area contributed by atoms with Gasteiger partial charge in [-0.05, 0) is 24.5 Å². The van der Waals surface area contributed by atoms with Crippen molar-refractivity contribution in [2.45, 2.75) is 38.8 Å². The van der Waals surface area contributed by atoms with Crippen LogP contribution in [0, 0.1) is 0 Å². The second-order valence-electron chi connectivity index (χ2n) is 5.68. The Bertz CT molecular complexity index is 544. The Balaban J connectivity index is 2.33. The van der Waals surface area contributed by atoms with Crippen molar-refractivity contribution in [2.75, 3.05) is 20.3 Å². The quantitative estimate of drug-likeness (QED) is 0.870. The van der Waals surface area contributed by atoms with E-state index in [2.05, 4.69) is 5.32 Å². The Labute approximate surface area is 131 Å². The first-order valence-electron chi connectivity index (χ1n) is 7.75. The third kappa shape index (κ3) is 3.47. The maximum atomic E-state index is 12.7. The molecule has 1 N–H and O–H groups in total. The molecule has 0 radical (unpaired) electrons. The highest BCUT2D eigenvalue weighted by Gasteiger charge is 2.36. The van der Waals surface area contributed by atoms with Gasteiger partial charge in [0.25, 0.3) is 0 Å². The average Bonchev–Trinajstić information content (AvgIpc) is 2.52. The molecule has 0 spiro atoms. The molecule has 1 aromatic carbocycles. The van der Waals surface area contributed by atoms with Crippen LogP contribution >= 0.6 is 0 Å². The summed E-state index contributed by atoms with van der Waals surface area (Å²) >= 11 is 0. The molecule has 5 heteroatoms. The Morgan fingerprint density at radius 3 is 2.86 bits per heavy atom. The molecule has 1 aromatic rings. The lowest BCUT2D eigenvalue weighted by atomic mass is 9.91. The van der Waals surface area contributed by atoms with Gasteiger partial charge in [0.1, 0.15) is 6.04 Å². The highest BCUT2D eigenvalue weighted by atomic mass is 16.5. The Hall–Kier alpha value is -1.88. The molecule has 1 heterocycles. The predicted molar refractivity (Wildman–Crippen MR) is 84.4 cm³/mol. The smallest absolute Gasteiger partial charge is 0.247 e. The first-order chi connectivity index (χ1) is 10.6. The summed E-state index contributed by atoms with van der Waals surface area (Å²) in [6.45, 7) is 4.82. The molecule has 1 aliphatic rings. The summed E-state index contributed by atoms with van der Waals surface area (Å²) in [4.78, 5) is 26.8. The van der Waals surface area contributed by atoms with E-state index in [9.17, 15) is 9.59 Å². The third-order valence-electron chi connectivity index (χ3n) is 4.11. The summed E-state index contributed by atoms with van der Waals surface area (Å²) in [5.74, 6) is -0.147. The first-order valence-corrected chi connectivity index (χ1v) is 7.75. The molecule has 2 amide bonds. The Morgan fingerprint density at radius 2 is 2.18 bits per heavy atom. The van der Waals surface area contributed by atoms with E-state index in [-0.39, 0.29) is 17.9 Å². The number of hydrogen-bond acceptors (Lipinski definition) is 3. The highest BCUT2D eigenvalue weighted by Crippen LogP contribution is 2.30. The van der Waals surface area contributed by atoms with Crippen LogP contribution in [0.3, 0.4) is 0 Å². The van der Waals surface area contributed by atoms with Gasteiger partial charge in [-0.15, -0.1) is 0 Å². The molecule has 0 aromatic heterocycles. The molecule has 1 aliphatic heterocycles. The number of nitrogens with zero attached hydrogens (tertiary/aromatic N) is 1. The van der Waals surface area contributed by atoms with Crippen LogP contribution in [0.15, 0.2) is 24.3 Å². The minimum Gasteiger partial charge on any atom is -0.383 e. The fourth-order valence-corrected chi connectivity index (χ4v) is 2.69. The molecule has 120 valence electrons. The lowest BCUT2D eigenvalue weighted by molar-refractivity contribution is -0.142. The van der Waals surface area contributed by atoms with Crippen LogP contribution in [0.4, 0.5) is 0 Å². The maximum Gasteiger partial charge on any atom is 0.247 e. The van der Waals surface area contributed by atoms with Crippen LogP contribution in [-0.4, -0.2) is 43.0 Å². The summed E-state index contributed by atoms with van der Waals surface area (Å²) in [6, 6.07) is 7.18. The number of hydrogen-bond donors (Lipinski definition) is 1. The van der Waals surface area contributed by atoms with E-state index < -0.39 is 6.04 Å². The lowest BCUT2D eigenvalue weighted by Gasteiger charge is -2.36. The average molecular weight is 304 g/mol. The second kappa shape index (κ2) is 7.40. The predicted octanol–water partition coefficient (Wildman–Crippen LogP) is 1.67. The molecule has 0 aliphatic carbocycles. The van der Waals surface area contributed by atoms with Gasteiger partial charge in [0, 0.05) is 19.7 Å². The minimum atomic E-state index is -0.568. The molecule has 0 fully saturated rings. The minimum absolute atomic E-state index is 0.0277. The van der Waals surface area contributed by atoms with Crippen LogP contribution in [0.25, 0.3) is 0 Å². The number of carbonyl (C=O) groups excluding carboxylic acids is 2. The molecule has 2 rings (SSSR count). The second-order valence-corrected chi connectivity index (χ2v) is 5.68. The molecule has 0 bridgehead atoms. The molecule has 22 heavy (non-hydrogen) atoms. The zero-order valence-electron chi connectivity index (χ0n) is 13.5. The molecule has 0 saturated heterocycles. The van der Waals surface area contributed by atoms with Gasteiger partial charge < -0.3 is 15.0 Å². The maximum absolute atomic E-state index is 12.7. The van der Waals surface area contributed by atoms with Crippen molar-refractivity contribution in [1.82, 2.24) is 10.2 Å². The number of ether oxygens (including phenoxy) is 1. The number of amides is 2. The first kappa shape index (κ1) is 16.5. The van der Waals surface area contributed by atoms with Gasteiger partial charge in [-0.3, -0.25) is 9.59 Å². The molecule has 0 unspecified atom stereocenters. The lowest BCUT2D eigenvalue weighted by Crippen LogP contribution is -2.49. The molecule has 0 saturated carbocycles. The van der Waals surface area contributed by atoms with E-state index in [1.165, 1.54) is 0 Å². The zero-order valence-corrected chi connectivity index (χ0v) is 13.5. The molecular formula is C17H24N2O3. The number of benzene rings is 1. The monoisotopic (exact) mass is 304 g/mol. The van der Waals surface area contributed by atoms with E-state index in [1.807, 2.05) is 38.1 Å². The number of rotatable bonds is 6. The Kier molecular flexibility index (Phi) is 5.55. The Morgan fingerprint density at radius 1 is 1.45 bits per heavy atom. The number of nitrogens with one attached hydrogen (secondary N) is 1. The summed E-state index contributed by atoms with van der Waals surface area (Å²) in [5, 5.41) is 2.99. The van der Waals surface area contributed by atoms with Crippen molar-refractivity contribution >= 4 is 11.8 Å². The van der Waals surface area contributed by atoms with Crippen LogP contribution in [0.5, 0.6) is 0 Å². The molecule has 2 atom stereocenters. The molecule has 5 nitrogen and oxygen atoms in total. The topological polar surface area (TPSA) is 58.6 Å². The fourth-order valence-electron chi connectivity index (χ4n) is 2.69. The number of fused-ring (bicyclic) bond motifs is 1. The standard InChI is InChI=1S/C17H24N2O3/c1-4-12(2)18-17(21)16-14-8-6-5-7-13(14)11-15(20)19(16)9-10-22-3/h5-8,12,16H,4,9-11H2,1-3H3,(H,18,21)/t12-,16-/m0/s1. The largest absolute Gasteiger partial charge is 0.383 e. The van der Waals surface area contributed by atoms with E-state index in [4.69, 9.17) is 4.74 Å². The van der Waals surface area contributed by atoms with Gasteiger partial charge in [-0.2, -0.15) is 0 Å². The van der Waals surface area contributed by atoms with Crippen molar-refractivity contribution in [3.05, 3.63) is 35.4 Å². The third-order valence-corrected chi connectivity index (χ3v) is 4.11. The van der Waals surface area contributed by atoms with Gasteiger partial charge in [0.2, 0.25) is 11.8 Å². The van der Waals surface area contributed by atoms with Crippen LogP contribution in [0.2, 0.25) is 0 Å². The van der Waals surface area contributed by atoms with Crippen LogP contribution in [0.1, 0.15) is 37.4 Å². The molecular weight excluding hydrogens is 280 g/mol. The van der Waals surface area contributed by atoms with E-state index in [0.29, 0.717) is 19.6 Å². The van der Waals surface area contributed by atoms with Gasteiger partial charge >= 0.3 is 0 Å². The van der Waals surface area contributed by atoms with Crippen molar-refractivity contribution in [2.24, 2.45) is 0 Å².